The fourth-order valence-electron chi connectivity index (χ4n) is 2.88. The Labute approximate surface area is 157 Å². The first-order valence-corrected chi connectivity index (χ1v) is 9.61. The summed E-state index contributed by atoms with van der Waals surface area (Å²) in [4.78, 5) is -0.0359. The van der Waals surface area contributed by atoms with Crippen LogP contribution in [0.3, 0.4) is 0 Å². The van der Waals surface area contributed by atoms with Gasteiger partial charge in [0.15, 0.2) is 0 Å². The molecule has 0 fully saturated rings. The number of anilines is 1. The second kappa shape index (κ2) is 7.03. The second-order valence-corrected chi connectivity index (χ2v) is 7.78. The van der Waals surface area contributed by atoms with Crippen molar-refractivity contribution in [1.29, 1.82) is 0 Å². The van der Waals surface area contributed by atoms with E-state index in [-0.39, 0.29) is 10.6 Å². The zero-order chi connectivity index (χ0) is 19.8. The summed E-state index contributed by atoms with van der Waals surface area (Å²) < 4.78 is 52.2. The number of ether oxygens (including phenoxy) is 1. The Balaban J connectivity index is 2.09. The van der Waals surface area contributed by atoms with E-state index in [1.165, 1.54) is 31.4 Å². The van der Waals surface area contributed by atoms with Crippen molar-refractivity contribution in [3.05, 3.63) is 59.2 Å². The maximum absolute atomic E-state index is 13.3. The van der Waals surface area contributed by atoms with Gasteiger partial charge >= 0.3 is 0 Å². The number of nitrogens with one attached hydrogen (secondary N) is 1. The predicted molar refractivity (Wildman–Crippen MR) is 99.9 cm³/mol. The fourth-order valence-corrected chi connectivity index (χ4v) is 4.21. The molecule has 0 unspecified atom stereocenters. The van der Waals surface area contributed by atoms with Crippen molar-refractivity contribution in [1.82, 2.24) is 5.16 Å². The van der Waals surface area contributed by atoms with E-state index in [4.69, 9.17) is 9.26 Å². The molecule has 27 heavy (non-hydrogen) atoms. The van der Waals surface area contributed by atoms with Gasteiger partial charge in [-0.05, 0) is 62.2 Å². The summed E-state index contributed by atoms with van der Waals surface area (Å²) >= 11 is 0. The Bertz CT molecular complexity index is 1090. The smallest absolute Gasteiger partial charge is 0.265 e. The minimum Gasteiger partial charge on any atom is -0.495 e. The number of rotatable bonds is 5. The Morgan fingerprint density at radius 2 is 1.85 bits per heavy atom. The van der Waals surface area contributed by atoms with Gasteiger partial charge in [0.25, 0.3) is 10.0 Å². The Morgan fingerprint density at radius 3 is 2.44 bits per heavy atom. The highest BCUT2D eigenvalue weighted by atomic mass is 32.2. The largest absolute Gasteiger partial charge is 0.495 e. The van der Waals surface area contributed by atoms with Crippen LogP contribution in [0.2, 0.25) is 0 Å². The first kappa shape index (κ1) is 18.9. The number of hydrogen-bond acceptors (Lipinski definition) is 5. The molecule has 0 amide bonds. The third kappa shape index (κ3) is 3.66. The Hall–Kier alpha value is -2.87. The molecule has 0 saturated heterocycles. The van der Waals surface area contributed by atoms with Crippen LogP contribution in [-0.2, 0) is 10.0 Å². The monoisotopic (exact) mass is 390 g/mol. The molecule has 3 aromatic rings. The van der Waals surface area contributed by atoms with E-state index in [0.29, 0.717) is 28.3 Å². The van der Waals surface area contributed by atoms with E-state index in [1.807, 2.05) is 0 Å². The van der Waals surface area contributed by atoms with Crippen molar-refractivity contribution in [2.24, 2.45) is 0 Å². The lowest BCUT2D eigenvalue weighted by atomic mass is 10.0. The molecular weight excluding hydrogens is 371 g/mol. The van der Waals surface area contributed by atoms with Crippen LogP contribution in [0.1, 0.15) is 17.0 Å². The topological polar surface area (TPSA) is 81.4 Å². The zero-order valence-electron chi connectivity index (χ0n) is 15.3. The molecule has 6 nitrogen and oxygen atoms in total. The quantitative estimate of drug-likeness (QED) is 0.706. The normalized spacial score (nSPS) is 11.4. The van der Waals surface area contributed by atoms with E-state index >= 15 is 0 Å². The van der Waals surface area contributed by atoms with Crippen molar-refractivity contribution in [3.63, 3.8) is 0 Å². The molecular formula is C19H19FN2O4S. The van der Waals surface area contributed by atoms with Crippen molar-refractivity contribution in [3.8, 4) is 16.9 Å². The number of aryl methyl sites for hydroxylation is 3. The summed E-state index contributed by atoms with van der Waals surface area (Å²) in [5.74, 6) is 0.342. The molecule has 0 aliphatic heterocycles. The van der Waals surface area contributed by atoms with E-state index in [2.05, 4.69) is 9.88 Å². The van der Waals surface area contributed by atoms with Crippen LogP contribution in [0.4, 0.5) is 10.1 Å². The lowest BCUT2D eigenvalue weighted by Gasteiger charge is -2.14. The molecule has 3 rings (SSSR count). The van der Waals surface area contributed by atoms with Gasteiger partial charge in [-0.15, -0.1) is 0 Å². The van der Waals surface area contributed by atoms with E-state index < -0.39 is 15.8 Å². The van der Waals surface area contributed by atoms with E-state index in [0.717, 1.165) is 5.56 Å². The minimum absolute atomic E-state index is 0.0359. The fraction of sp³-hybridized carbons (Fsp3) is 0.211. The number of methoxy groups -OCH3 is 1. The van der Waals surface area contributed by atoms with Crippen molar-refractivity contribution in [2.75, 3.05) is 11.8 Å². The highest BCUT2D eigenvalue weighted by molar-refractivity contribution is 7.92. The summed E-state index contributed by atoms with van der Waals surface area (Å²) in [6.45, 7) is 5.16. The highest BCUT2D eigenvalue weighted by Gasteiger charge is 2.23. The SMILES string of the molecule is COc1ccc(-c2c(C)noc2C)cc1S(=O)(=O)Nc1ccc(F)cc1C. The molecule has 8 heteroatoms. The summed E-state index contributed by atoms with van der Waals surface area (Å²) in [7, 11) is -2.58. The van der Waals surface area contributed by atoms with Crippen LogP contribution in [0.25, 0.3) is 11.1 Å². The van der Waals surface area contributed by atoms with Gasteiger partial charge in [0.1, 0.15) is 22.2 Å². The van der Waals surface area contributed by atoms with Crippen molar-refractivity contribution in [2.45, 2.75) is 25.7 Å². The standard InChI is InChI=1S/C19H19FN2O4S/c1-11-9-15(20)6-7-16(11)22-27(23,24)18-10-14(5-8-17(18)25-4)19-12(2)21-26-13(19)3/h5-10,22H,1-4H3. The number of aromatic nitrogens is 1. The molecule has 142 valence electrons. The molecule has 1 aromatic heterocycles. The van der Waals surface area contributed by atoms with Gasteiger partial charge in [0.05, 0.1) is 18.5 Å². The molecule has 0 aliphatic carbocycles. The Morgan fingerprint density at radius 1 is 1.11 bits per heavy atom. The van der Waals surface area contributed by atoms with E-state index in [1.54, 1.807) is 32.9 Å². The molecule has 2 aromatic carbocycles. The number of hydrogen-bond donors (Lipinski definition) is 1. The number of sulfonamides is 1. The maximum Gasteiger partial charge on any atom is 0.265 e. The van der Waals surface area contributed by atoms with Crippen LogP contribution >= 0.6 is 0 Å². The van der Waals surface area contributed by atoms with Gasteiger partial charge in [0, 0.05) is 5.56 Å². The molecule has 1 N–H and O–H groups in total. The number of halogens is 1. The van der Waals surface area contributed by atoms with E-state index in [9.17, 15) is 12.8 Å². The van der Waals surface area contributed by atoms with Gasteiger partial charge in [-0.2, -0.15) is 0 Å². The van der Waals surface area contributed by atoms with Crippen molar-refractivity contribution < 1.29 is 22.1 Å². The lowest BCUT2D eigenvalue weighted by Crippen LogP contribution is -2.15. The molecule has 0 aliphatic rings. The van der Waals surface area contributed by atoms with Crippen LogP contribution in [-0.4, -0.2) is 20.7 Å². The molecule has 0 atom stereocenters. The van der Waals surface area contributed by atoms with Crippen molar-refractivity contribution >= 4 is 15.7 Å². The first-order chi connectivity index (χ1) is 12.7. The first-order valence-electron chi connectivity index (χ1n) is 8.13. The molecule has 0 radical (unpaired) electrons. The van der Waals surface area contributed by atoms with Gasteiger partial charge < -0.3 is 9.26 Å². The van der Waals surface area contributed by atoms with Crippen LogP contribution in [0.15, 0.2) is 45.8 Å². The third-order valence-corrected chi connectivity index (χ3v) is 5.59. The third-order valence-electron chi connectivity index (χ3n) is 4.21. The van der Waals surface area contributed by atoms with Crippen LogP contribution < -0.4 is 9.46 Å². The number of nitrogens with zero attached hydrogens (tertiary/aromatic N) is 1. The maximum atomic E-state index is 13.3. The zero-order valence-corrected chi connectivity index (χ0v) is 16.1. The average molecular weight is 390 g/mol. The van der Waals surface area contributed by atoms with Crippen LogP contribution in [0, 0.1) is 26.6 Å². The highest BCUT2D eigenvalue weighted by Crippen LogP contribution is 2.34. The van der Waals surface area contributed by atoms with Crippen LogP contribution in [0.5, 0.6) is 5.75 Å². The number of benzene rings is 2. The molecule has 0 bridgehead atoms. The summed E-state index contributed by atoms with van der Waals surface area (Å²) in [5, 5.41) is 3.91. The Kier molecular flexibility index (Phi) is 4.93. The predicted octanol–water partition coefficient (Wildman–Crippen LogP) is 4.22. The minimum atomic E-state index is -3.98. The molecule has 0 spiro atoms. The van der Waals surface area contributed by atoms with Gasteiger partial charge in [-0.25, -0.2) is 12.8 Å². The summed E-state index contributed by atoms with van der Waals surface area (Å²) in [6, 6.07) is 8.66. The molecule has 1 heterocycles. The van der Waals surface area contributed by atoms with Gasteiger partial charge in [-0.1, -0.05) is 11.2 Å². The molecule has 0 saturated carbocycles. The lowest BCUT2D eigenvalue weighted by molar-refractivity contribution is 0.393. The summed E-state index contributed by atoms with van der Waals surface area (Å²) in [5.41, 5.74) is 2.79. The summed E-state index contributed by atoms with van der Waals surface area (Å²) in [6.07, 6.45) is 0. The average Bonchev–Trinajstić information content (AvgIpc) is 2.95. The van der Waals surface area contributed by atoms with Gasteiger partial charge in [-0.3, -0.25) is 4.72 Å². The van der Waals surface area contributed by atoms with Gasteiger partial charge in [0.2, 0.25) is 0 Å². The second-order valence-electron chi connectivity index (χ2n) is 6.13.